The molecule has 2 aliphatic rings. The van der Waals surface area contributed by atoms with Crippen LogP contribution in [-0.4, -0.2) is 54.7 Å². The van der Waals surface area contributed by atoms with Crippen molar-refractivity contribution in [1.29, 1.82) is 0 Å². The van der Waals surface area contributed by atoms with Crippen LogP contribution in [0.5, 0.6) is 0 Å². The van der Waals surface area contributed by atoms with E-state index in [2.05, 4.69) is 22.6 Å². The summed E-state index contributed by atoms with van der Waals surface area (Å²) in [5, 5.41) is 14.6. The van der Waals surface area contributed by atoms with Crippen molar-refractivity contribution < 1.29 is 14.7 Å². The van der Waals surface area contributed by atoms with Gasteiger partial charge in [0, 0.05) is 6.54 Å². The van der Waals surface area contributed by atoms with Gasteiger partial charge >= 0.3 is 12.0 Å². The predicted octanol–water partition coefficient (Wildman–Crippen LogP) is 1.05. The maximum Gasteiger partial charge on any atom is 0.315 e. The van der Waals surface area contributed by atoms with Gasteiger partial charge in [0.1, 0.15) is 0 Å². The van der Waals surface area contributed by atoms with E-state index in [0.717, 1.165) is 19.5 Å². The van der Waals surface area contributed by atoms with Crippen molar-refractivity contribution in [2.45, 2.75) is 31.7 Å². The molecule has 0 aromatic rings. The minimum atomic E-state index is -0.835. The molecule has 0 radical (unpaired) electrons. The standard InChI is InChI=1S/C15H25N3O3/c1-18-8-5-11(6-9-18)4-7-16-15(21)17-13-3-2-12(10-13)14(19)20/h2-3,11-13H,4-10H2,1H3,(H,19,20)(H2,16,17,21). The first-order valence-electron chi connectivity index (χ1n) is 7.68. The van der Waals surface area contributed by atoms with Crippen LogP contribution in [0.4, 0.5) is 4.79 Å². The number of urea groups is 1. The molecule has 3 N–H and O–H groups in total. The van der Waals surface area contributed by atoms with E-state index in [1.165, 1.54) is 12.8 Å². The van der Waals surface area contributed by atoms with E-state index in [4.69, 9.17) is 5.11 Å². The molecule has 2 unspecified atom stereocenters. The molecule has 2 rings (SSSR count). The summed E-state index contributed by atoms with van der Waals surface area (Å²) in [6, 6.07) is -0.377. The highest BCUT2D eigenvalue weighted by molar-refractivity contribution is 5.76. The van der Waals surface area contributed by atoms with Gasteiger partial charge in [0.2, 0.25) is 0 Å². The zero-order valence-corrected chi connectivity index (χ0v) is 12.5. The summed E-state index contributed by atoms with van der Waals surface area (Å²) in [6.45, 7) is 2.96. The smallest absolute Gasteiger partial charge is 0.315 e. The molecule has 6 heteroatoms. The Labute approximate surface area is 125 Å². The van der Waals surface area contributed by atoms with E-state index in [0.29, 0.717) is 18.9 Å². The van der Waals surface area contributed by atoms with E-state index in [9.17, 15) is 9.59 Å². The number of hydrogen-bond donors (Lipinski definition) is 3. The summed E-state index contributed by atoms with van der Waals surface area (Å²) >= 11 is 0. The first-order chi connectivity index (χ1) is 10.0. The molecular formula is C15H25N3O3. The number of aliphatic carboxylic acids is 1. The molecule has 118 valence electrons. The lowest BCUT2D eigenvalue weighted by Crippen LogP contribution is -2.42. The molecule has 21 heavy (non-hydrogen) atoms. The highest BCUT2D eigenvalue weighted by atomic mass is 16.4. The third-order valence-electron chi connectivity index (χ3n) is 4.39. The number of likely N-dealkylation sites (tertiary alicyclic amines) is 1. The Kier molecular flexibility index (Phi) is 5.61. The molecule has 0 saturated carbocycles. The fourth-order valence-electron chi connectivity index (χ4n) is 2.95. The fourth-order valence-corrected chi connectivity index (χ4v) is 2.95. The Balaban J connectivity index is 1.58. The Morgan fingerprint density at radius 2 is 2.00 bits per heavy atom. The number of carboxylic acid groups (broad SMARTS) is 1. The first-order valence-corrected chi connectivity index (χ1v) is 7.68. The average molecular weight is 295 g/mol. The van der Waals surface area contributed by atoms with E-state index in [-0.39, 0.29) is 12.1 Å². The van der Waals surface area contributed by atoms with Gasteiger partial charge < -0.3 is 20.6 Å². The minimum Gasteiger partial charge on any atom is -0.481 e. The number of piperidine rings is 1. The van der Waals surface area contributed by atoms with Crippen molar-refractivity contribution in [3.63, 3.8) is 0 Å². The third kappa shape index (κ3) is 5.04. The van der Waals surface area contributed by atoms with Gasteiger partial charge in [-0.05, 0) is 51.7 Å². The van der Waals surface area contributed by atoms with Crippen molar-refractivity contribution in [3.05, 3.63) is 12.2 Å². The van der Waals surface area contributed by atoms with Crippen molar-refractivity contribution in [1.82, 2.24) is 15.5 Å². The number of hydrogen-bond acceptors (Lipinski definition) is 3. The van der Waals surface area contributed by atoms with Gasteiger partial charge in [-0.15, -0.1) is 0 Å². The second-order valence-electron chi connectivity index (χ2n) is 6.11. The van der Waals surface area contributed by atoms with Crippen LogP contribution in [0.15, 0.2) is 12.2 Å². The van der Waals surface area contributed by atoms with Gasteiger partial charge in [-0.25, -0.2) is 4.79 Å². The molecule has 1 aliphatic heterocycles. The highest BCUT2D eigenvalue weighted by Gasteiger charge is 2.25. The van der Waals surface area contributed by atoms with E-state index in [1.807, 2.05) is 0 Å². The molecule has 0 aromatic heterocycles. The summed E-state index contributed by atoms with van der Waals surface area (Å²) < 4.78 is 0. The van der Waals surface area contributed by atoms with Gasteiger partial charge in [0.15, 0.2) is 0 Å². The predicted molar refractivity (Wildman–Crippen MR) is 80.0 cm³/mol. The lowest BCUT2D eigenvalue weighted by atomic mass is 9.94. The maximum atomic E-state index is 11.8. The second-order valence-corrected chi connectivity index (χ2v) is 6.11. The average Bonchev–Trinajstić information content (AvgIpc) is 2.90. The molecule has 0 aromatic carbocycles. The van der Waals surface area contributed by atoms with Gasteiger partial charge in [0.25, 0.3) is 0 Å². The zero-order chi connectivity index (χ0) is 15.2. The molecule has 0 bridgehead atoms. The van der Waals surface area contributed by atoms with Crippen molar-refractivity contribution in [2.75, 3.05) is 26.7 Å². The molecule has 2 atom stereocenters. The van der Waals surface area contributed by atoms with Crippen LogP contribution in [0, 0.1) is 11.8 Å². The Bertz CT molecular complexity index is 403. The summed E-state index contributed by atoms with van der Waals surface area (Å²) in [5.41, 5.74) is 0. The van der Waals surface area contributed by atoms with Crippen LogP contribution in [0.2, 0.25) is 0 Å². The summed E-state index contributed by atoms with van der Waals surface area (Å²) in [5.74, 6) is -0.614. The second kappa shape index (κ2) is 7.45. The number of nitrogens with one attached hydrogen (secondary N) is 2. The zero-order valence-electron chi connectivity index (χ0n) is 12.5. The van der Waals surface area contributed by atoms with Crippen LogP contribution in [0.3, 0.4) is 0 Å². The molecule has 1 saturated heterocycles. The van der Waals surface area contributed by atoms with E-state index >= 15 is 0 Å². The number of amides is 2. The highest BCUT2D eigenvalue weighted by Crippen LogP contribution is 2.19. The van der Waals surface area contributed by atoms with Gasteiger partial charge in [-0.3, -0.25) is 4.79 Å². The van der Waals surface area contributed by atoms with Crippen molar-refractivity contribution >= 4 is 12.0 Å². The van der Waals surface area contributed by atoms with Gasteiger partial charge in [-0.1, -0.05) is 12.2 Å². The Morgan fingerprint density at radius 3 is 2.62 bits per heavy atom. The summed E-state index contributed by atoms with van der Waals surface area (Å²) in [4.78, 5) is 24.9. The van der Waals surface area contributed by atoms with Gasteiger partial charge in [0.05, 0.1) is 12.0 Å². The van der Waals surface area contributed by atoms with Crippen molar-refractivity contribution in [3.8, 4) is 0 Å². The lowest BCUT2D eigenvalue weighted by Gasteiger charge is -2.28. The van der Waals surface area contributed by atoms with Crippen LogP contribution >= 0.6 is 0 Å². The third-order valence-corrected chi connectivity index (χ3v) is 4.39. The summed E-state index contributed by atoms with van der Waals surface area (Å²) in [7, 11) is 2.14. The van der Waals surface area contributed by atoms with Crippen molar-refractivity contribution in [2.24, 2.45) is 11.8 Å². The SMILES string of the molecule is CN1CCC(CCNC(=O)NC2C=CC(C(=O)O)C2)CC1. The van der Waals surface area contributed by atoms with Crippen LogP contribution in [0.1, 0.15) is 25.7 Å². The molecule has 2 amide bonds. The molecule has 1 fully saturated rings. The van der Waals surface area contributed by atoms with Crippen LogP contribution in [0.25, 0.3) is 0 Å². The summed E-state index contributed by atoms with van der Waals surface area (Å²) in [6.07, 6.45) is 7.26. The lowest BCUT2D eigenvalue weighted by molar-refractivity contribution is -0.140. The molecule has 1 heterocycles. The largest absolute Gasteiger partial charge is 0.481 e. The quantitative estimate of drug-likeness (QED) is 0.662. The monoisotopic (exact) mass is 295 g/mol. The number of carbonyl (C=O) groups is 2. The number of carboxylic acids is 1. The molecular weight excluding hydrogens is 270 g/mol. The van der Waals surface area contributed by atoms with E-state index in [1.54, 1.807) is 12.2 Å². The first kappa shape index (κ1) is 15.8. The normalized spacial score (nSPS) is 26.7. The number of carbonyl (C=O) groups excluding carboxylic acids is 1. The molecule has 6 nitrogen and oxygen atoms in total. The van der Waals surface area contributed by atoms with Crippen LogP contribution in [-0.2, 0) is 4.79 Å². The molecule has 0 spiro atoms. The fraction of sp³-hybridized carbons (Fsp3) is 0.733. The van der Waals surface area contributed by atoms with Crippen LogP contribution < -0.4 is 10.6 Å². The Hall–Kier alpha value is -1.56. The number of nitrogens with zero attached hydrogens (tertiary/aromatic N) is 1. The Morgan fingerprint density at radius 1 is 1.29 bits per heavy atom. The van der Waals surface area contributed by atoms with E-state index < -0.39 is 11.9 Å². The van der Waals surface area contributed by atoms with Gasteiger partial charge in [-0.2, -0.15) is 0 Å². The molecule has 1 aliphatic carbocycles. The minimum absolute atomic E-state index is 0.172. The maximum absolute atomic E-state index is 11.8. The topological polar surface area (TPSA) is 81.7 Å². The number of rotatable bonds is 5.